The number of nitrogens with one attached hydrogen (secondary N) is 2. The van der Waals surface area contributed by atoms with Crippen molar-refractivity contribution in [2.24, 2.45) is 5.92 Å². The molecule has 0 spiro atoms. The molecule has 0 bridgehead atoms. The van der Waals surface area contributed by atoms with Gasteiger partial charge in [-0.05, 0) is 71.8 Å². The standard InChI is InChI=1S/C35H38F3N3O3/c1-5-7-23(8-6-2)21-44-34-19-32-30(18-33(34)43-4)25(11-12-39-32)15-26-9-10-29(17-31(26)38)41-35(42)22(3)40-20-24-13-27(36)16-28(37)14-24/h9-14,16-19,23,40H,3,5-8,15,20-21H2,1-2,4H3,(H,41,42). The van der Waals surface area contributed by atoms with Crippen molar-refractivity contribution in [2.75, 3.05) is 19.0 Å². The van der Waals surface area contributed by atoms with Crippen LogP contribution in [0.25, 0.3) is 10.9 Å². The lowest BCUT2D eigenvalue weighted by molar-refractivity contribution is -0.113. The van der Waals surface area contributed by atoms with E-state index in [2.05, 4.69) is 36.0 Å². The van der Waals surface area contributed by atoms with Gasteiger partial charge in [-0.2, -0.15) is 0 Å². The number of benzene rings is 3. The molecule has 4 rings (SSSR count). The average Bonchev–Trinajstić information content (AvgIpc) is 2.99. The summed E-state index contributed by atoms with van der Waals surface area (Å²) < 4.78 is 53.9. The van der Waals surface area contributed by atoms with Gasteiger partial charge in [0.05, 0.1) is 24.9 Å². The monoisotopic (exact) mass is 605 g/mol. The van der Waals surface area contributed by atoms with Gasteiger partial charge >= 0.3 is 0 Å². The number of fused-ring (bicyclic) bond motifs is 1. The lowest BCUT2D eigenvalue weighted by Crippen LogP contribution is -2.24. The minimum Gasteiger partial charge on any atom is -0.493 e. The van der Waals surface area contributed by atoms with Gasteiger partial charge in [-0.15, -0.1) is 0 Å². The highest BCUT2D eigenvalue weighted by Crippen LogP contribution is 2.34. The number of nitrogens with zero attached hydrogens (tertiary/aromatic N) is 1. The average molecular weight is 606 g/mol. The van der Waals surface area contributed by atoms with Crippen LogP contribution in [0.15, 0.2) is 73.1 Å². The van der Waals surface area contributed by atoms with Crippen LogP contribution in [0.2, 0.25) is 0 Å². The van der Waals surface area contributed by atoms with Crippen LogP contribution in [0, 0.1) is 23.4 Å². The minimum absolute atomic E-state index is 0.00917. The van der Waals surface area contributed by atoms with Gasteiger partial charge in [-0.3, -0.25) is 9.78 Å². The number of methoxy groups -OCH3 is 1. The molecule has 2 N–H and O–H groups in total. The number of pyridine rings is 1. The summed E-state index contributed by atoms with van der Waals surface area (Å²) in [6.07, 6.45) is 6.39. The number of halogens is 3. The van der Waals surface area contributed by atoms with Crippen molar-refractivity contribution < 1.29 is 27.4 Å². The summed E-state index contributed by atoms with van der Waals surface area (Å²) in [6.45, 7) is 8.61. The van der Waals surface area contributed by atoms with Crippen LogP contribution in [-0.2, 0) is 17.8 Å². The fourth-order valence-electron chi connectivity index (χ4n) is 5.15. The summed E-state index contributed by atoms with van der Waals surface area (Å²) in [5, 5.41) is 6.14. The van der Waals surface area contributed by atoms with E-state index in [-0.39, 0.29) is 24.4 Å². The third-order valence-corrected chi connectivity index (χ3v) is 7.38. The van der Waals surface area contributed by atoms with Gasteiger partial charge in [0.15, 0.2) is 11.5 Å². The Bertz CT molecular complexity index is 1600. The molecule has 9 heteroatoms. The van der Waals surface area contributed by atoms with Crippen molar-refractivity contribution in [3.63, 3.8) is 0 Å². The highest BCUT2D eigenvalue weighted by atomic mass is 19.1. The zero-order valence-electron chi connectivity index (χ0n) is 25.3. The normalized spacial score (nSPS) is 11.1. The van der Waals surface area contributed by atoms with E-state index >= 15 is 4.39 Å². The summed E-state index contributed by atoms with van der Waals surface area (Å²) in [5.41, 5.74) is 2.52. The van der Waals surface area contributed by atoms with Crippen LogP contribution < -0.4 is 20.1 Å². The van der Waals surface area contributed by atoms with Gasteiger partial charge in [0, 0.05) is 42.4 Å². The van der Waals surface area contributed by atoms with E-state index in [0.717, 1.165) is 60.3 Å². The van der Waals surface area contributed by atoms with E-state index in [1.807, 2.05) is 18.2 Å². The molecule has 232 valence electrons. The van der Waals surface area contributed by atoms with Crippen LogP contribution in [0.5, 0.6) is 11.5 Å². The summed E-state index contributed by atoms with van der Waals surface area (Å²) in [6, 6.07) is 13.1. The Morgan fingerprint density at radius 1 is 0.932 bits per heavy atom. The first-order chi connectivity index (χ1) is 21.2. The second-order valence-electron chi connectivity index (χ2n) is 10.8. The van der Waals surface area contributed by atoms with Gasteiger partial charge < -0.3 is 20.1 Å². The molecular formula is C35H38F3N3O3. The molecule has 0 saturated heterocycles. The molecule has 44 heavy (non-hydrogen) atoms. The molecule has 0 aliphatic rings. The molecule has 1 amide bonds. The zero-order valence-corrected chi connectivity index (χ0v) is 25.3. The van der Waals surface area contributed by atoms with E-state index in [9.17, 15) is 13.6 Å². The van der Waals surface area contributed by atoms with E-state index in [4.69, 9.17) is 9.47 Å². The van der Waals surface area contributed by atoms with Crippen molar-refractivity contribution in [2.45, 2.75) is 52.5 Å². The van der Waals surface area contributed by atoms with Gasteiger partial charge in [-0.25, -0.2) is 13.2 Å². The van der Waals surface area contributed by atoms with E-state index in [0.29, 0.717) is 35.2 Å². The number of aromatic nitrogens is 1. The zero-order chi connectivity index (χ0) is 31.6. The smallest absolute Gasteiger partial charge is 0.271 e. The fourth-order valence-corrected chi connectivity index (χ4v) is 5.15. The second-order valence-corrected chi connectivity index (χ2v) is 10.8. The SMILES string of the molecule is C=C(NCc1cc(F)cc(F)c1)C(=O)Nc1ccc(Cc2ccnc3cc(OCC(CCC)CCC)c(OC)cc23)c(F)c1. The molecule has 6 nitrogen and oxygen atoms in total. The Labute approximate surface area is 256 Å². The lowest BCUT2D eigenvalue weighted by Gasteiger charge is -2.18. The fraction of sp³-hybridized carbons (Fsp3) is 0.314. The molecule has 1 aromatic heterocycles. The first kappa shape index (κ1) is 32.4. The van der Waals surface area contributed by atoms with Gasteiger partial charge in [0.2, 0.25) is 0 Å². The third-order valence-electron chi connectivity index (χ3n) is 7.38. The number of amides is 1. The molecule has 0 radical (unpaired) electrons. The maximum atomic E-state index is 15.2. The van der Waals surface area contributed by atoms with Crippen LogP contribution in [0.4, 0.5) is 18.9 Å². The maximum absolute atomic E-state index is 15.2. The number of hydrogen-bond acceptors (Lipinski definition) is 5. The van der Waals surface area contributed by atoms with E-state index in [1.165, 1.54) is 6.07 Å². The van der Waals surface area contributed by atoms with Crippen molar-refractivity contribution in [3.05, 3.63) is 107 Å². The Balaban J connectivity index is 1.44. The highest BCUT2D eigenvalue weighted by Gasteiger charge is 2.16. The Kier molecular flexibility index (Phi) is 11.2. The summed E-state index contributed by atoms with van der Waals surface area (Å²) >= 11 is 0. The number of anilines is 1. The Morgan fingerprint density at radius 2 is 1.66 bits per heavy atom. The molecule has 0 aliphatic carbocycles. The summed E-state index contributed by atoms with van der Waals surface area (Å²) in [7, 11) is 1.60. The molecule has 3 aromatic carbocycles. The number of rotatable bonds is 15. The predicted octanol–water partition coefficient (Wildman–Crippen LogP) is 8.09. The van der Waals surface area contributed by atoms with Gasteiger partial charge in [-0.1, -0.05) is 39.3 Å². The molecule has 4 aromatic rings. The summed E-state index contributed by atoms with van der Waals surface area (Å²) in [4.78, 5) is 17.1. The molecule has 0 fully saturated rings. The van der Waals surface area contributed by atoms with Crippen LogP contribution >= 0.6 is 0 Å². The van der Waals surface area contributed by atoms with Crippen molar-refractivity contribution in [3.8, 4) is 11.5 Å². The second kappa shape index (κ2) is 15.3. The number of ether oxygens (including phenoxy) is 2. The quantitative estimate of drug-likeness (QED) is 0.134. The maximum Gasteiger partial charge on any atom is 0.271 e. The topological polar surface area (TPSA) is 72.5 Å². The molecule has 0 aliphatic heterocycles. The number of carbonyl (C=O) groups is 1. The molecular weight excluding hydrogens is 567 g/mol. The molecule has 0 unspecified atom stereocenters. The first-order valence-corrected chi connectivity index (χ1v) is 14.8. The van der Waals surface area contributed by atoms with Crippen molar-refractivity contribution in [1.82, 2.24) is 10.3 Å². The van der Waals surface area contributed by atoms with E-state index < -0.39 is 23.4 Å². The number of carbonyl (C=O) groups excluding carboxylic acids is 1. The van der Waals surface area contributed by atoms with E-state index in [1.54, 1.807) is 25.4 Å². The number of hydrogen-bond donors (Lipinski definition) is 2. The highest BCUT2D eigenvalue weighted by molar-refractivity contribution is 6.02. The van der Waals surface area contributed by atoms with Crippen molar-refractivity contribution in [1.29, 1.82) is 0 Å². The van der Waals surface area contributed by atoms with Gasteiger partial charge in [0.25, 0.3) is 5.91 Å². The Hall–Kier alpha value is -4.53. The molecule has 0 atom stereocenters. The lowest BCUT2D eigenvalue weighted by atomic mass is 9.99. The van der Waals surface area contributed by atoms with Gasteiger partial charge in [0.1, 0.15) is 17.5 Å². The third kappa shape index (κ3) is 8.52. The van der Waals surface area contributed by atoms with Crippen LogP contribution in [0.1, 0.15) is 56.2 Å². The summed E-state index contributed by atoms with van der Waals surface area (Å²) in [5.74, 6) is -0.838. The predicted molar refractivity (Wildman–Crippen MR) is 167 cm³/mol. The largest absolute Gasteiger partial charge is 0.493 e. The Morgan fingerprint density at radius 3 is 2.32 bits per heavy atom. The van der Waals surface area contributed by atoms with Crippen LogP contribution in [0.3, 0.4) is 0 Å². The van der Waals surface area contributed by atoms with Crippen molar-refractivity contribution >= 4 is 22.5 Å². The molecule has 0 saturated carbocycles. The molecule has 1 heterocycles. The first-order valence-electron chi connectivity index (χ1n) is 14.8. The van der Waals surface area contributed by atoms with Crippen LogP contribution in [-0.4, -0.2) is 24.6 Å². The minimum atomic E-state index is -0.719.